The topological polar surface area (TPSA) is 84.6 Å². The Kier molecular flexibility index (Phi) is 5.73. The summed E-state index contributed by atoms with van der Waals surface area (Å²) in [7, 11) is 0. The average molecular weight is 461 g/mol. The van der Waals surface area contributed by atoms with E-state index in [-0.39, 0.29) is 0 Å². The van der Waals surface area contributed by atoms with Gasteiger partial charge in [0.1, 0.15) is 10.8 Å². The molecule has 4 aromatic rings. The molecule has 0 bridgehead atoms. The van der Waals surface area contributed by atoms with Crippen LogP contribution in [0.1, 0.15) is 37.1 Å². The molecule has 0 atom stereocenters. The maximum Gasteiger partial charge on any atom is 0.211 e. The predicted molar refractivity (Wildman–Crippen MR) is 131 cm³/mol. The number of nitrogens with zero attached hydrogens (tertiary/aromatic N) is 7. The van der Waals surface area contributed by atoms with Crippen LogP contribution in [-0.2, 0) is 13.0 Å². The molecule has 0 spiro atoms. The molecule has 0 unspecified atom stereocenters. The number of aromatic nitrogens is 6. The smallest absolute Gasteiger partial charge is 0.211 e. The lowest BCUT2D eigenvalue weighted by Gasteiger charge is -2.13. The van der Waals surface area contributed by atoms with Crippen molar-refractivity contribution in [1.82, 2.24) is 34.8 Å². The van der Waals surface area contributed by atoms with E-state index in [1.54, 1.807) is 11.3 Å². The fourth-order valence-corrected chi connectivity index (χ4v) is 5.26. The van der Waals surface area contributed by atoms with Crippen LogP contribution in [0.25, 0.3) is 22.2 Å². The van der Waals surface area contributed by atoms with E-state index in [9.17, 15) is 0 Å². The molecule has 0 amide bonds. The summed E-state index contributed by atoms with van der Waals surface area (Å²) in [6, 6.07) is 6.01. The second-order valence-corrected chi connectivity index (χ2v) is 10.2. The Labute approximate surface area is 197 Å². The van der Waals surface area contributed by atoms with Crippen molar-refractivity contribution in [1.29, 1.82) is 0 Å². The second kappa shape index (κ2) is 9.15. The largest absolute Gasteiger partial charge is 0.315 e. The lowest BCUT2D eigenvalue weighted by Crippen LogP contribution is -2.21. The highest BCUT2D eigenvalue weighted by Gasteiger charge is 2.23. The molecule has 2 aliphatic rings. The van der Waals surface area contributed by atoms with E-state index in [1.165, 1.54) is 38.8 Å². The standard InChI is InChI=1S/C24H28N8S/c1-2-9-31(8-1)10-3-11-32-16-19(15-26-32)18-13-21-20(25-14-18)6-7-22(27-21)28-24-30-29-23(33-24)12-17-4-5-17/h6-7,13-17H,1-5,8-12H2,(H,27,28,30). The number of aryl methyl sites for hydroxylation is 1. The van der Waals surface area contributed by atoms with Crippen LogP contribution in [0.3, 0.4) is 0 Å². The predicted octanol–water partition coefficient (Wildman–Crippen LogP) is 4.53. The van der Waals surface area contributed by atoms with E-state index in [4.69, 9.17) is 4.98 Å². The number of anilines is 2. The van der Waals surface area contributed by atoms with Crippen molar-refractivity contribution in [3.05, 3.63) is 41.8 Å². The molecule has 0 radical (unpaired) electrons. The Balaban J connectivity index is 1.13. The quantitative estimate of drug-likeness (QED) is 0.393. The van der Waals surface area contributed by atoms with Gasteiger partial charge in [0.05, 0.1) is 17.2 Å². The van der Waals surface area contributed by atoms with E-state index in [0.717, 1.165) is 70.0 Å². The molecule has 0 aromatic carbocycles. The molecule has 5 heterocycles. The van der Waals surface area contributed by atoms with Crippen LogP contribution in [0.2, 0.25) is 0 Å². The Bertz CT molecular complexity index is 1240. The lowest BCUT2D eigenvalue weighted by atomic mass is 10.1. The molecule has 1 N–H and O–H groups in total. The van der Waals surface area contributed by atoms with E-state index >= 15 is 0 Å². The maximum absolute atomic E-state index is 4.77. The summed E-state index contributed by atoms with van der Waals surface area (Å²) in [5.41, 5.74) is 3.82. The summed E-state index contributed by atoms with van der Waals surface area (Å²) in [6.07, 6.45) is 13.4. The second-order valence-electron chi connectivity index (χ2n) is 9.13. The van der Waals surface area contributed by atoms with Gasteiger partial charge in [-0.3, -0.25) is 9.67 Å². The van der Waals surface area contributed by atoms with Gasteiger partial charge in [-0.1, -0.05) is 11.3 Å². The van der Waals surface area contributed by atoms with Crippen molar-refractivity contribution in [2.24, 2.45) is 5.92 Å². The SMILES string of the molecule is c1nc2ccc(Nc3nnc(CC4CC4)s3)nc2cc1-c1cnn(CCCN2CCCC2)c1. The van der Waals surface area contributed by atoms with Crippen molar-refractivity contribution in [2.45, 2.75) is 45.1 Å². The van der Waals surface area contributed by atoms with Crippen molar-refractivity contribution >= 4 is 33.3 Å². The highest BCUT2D eigenvalue weighted by molar-refractivity contribution is 7.15. The van der Waals surface area contributed by atoms with E-state index in [0.29, 0.717) is 0 Å². The van der Waals surface area contributed by atoms with E-state index < -0.39 is 0 Å². The van der Waals surface area contributed by atoms with Gasteiger partial charge in [0, 0.05) is 36.5 Å². The van der Waals surface area contributed by atoms with E-state index in [2.05, 4.69) is 42.8 Å². The number of hydrogen-bond donors (Lipinski definition) is 1. The van der Waals surface area contributed by atoms with Crippen molar-refractivity contribution < 1.29 is 0 Å². The number of hydrogen-bond acceptors (Lipinski definition) is 8. The maximum atomic E-state index is 4.77. The molecule has 2 fully saturated rings. The molecule has 33 heavy (non-hydrogen) atoms. The summed E-state index contributed by atoms with van der Waals surface area (Å²) in [5, 5.41) is 18.3. The van der Waals surface area contributed by atoms with Crippen LogP contribution in [0.15, 0.2) is 36.8 Å². The molecular formula is C24H28N8S. The van der Waals surface area contributed by atoms with Crippen LogP contribution < -0.4 is 5.32 Å². The van der Waals surface area contributed by atoms with Crippen LogP contribution in [0.4, 0.5) is 10.9 Å². The van der Waals surface area contributed by atoms with Crippen LogP contribution >= 0.6 is 11.3 Å². The number of pyridine rings is 2. The first-order chi connectivity index (χ1) is 16.3. The zero-order valence-corrected chi connectivity index (χ0v) is 19.5. The first kappa shape index (κ1) is 20.7. The Hall–Kier alpha value is -2.91. The Morgan fingerprint density at radius 1 is 1.00 bits per heavy atom. The summed E-state index contributed by atoms with van der Waals surface area (Å²) < 4.78 is 2.04. The first-order valence-electron chi connectivity index (χ1n) is 11.9. The van der Waals surface area contributed by atoms with Gasteiger partial charge in [-0.25, -0.2) is 4.98 Å². The lowest BCUT2D eigenvalue weighted by molar-refractivity contribution is 0.322. The molecule has 9 heteroatoms. The summed E-state index contributed by atoms with van der Waals surface area (Å²) in [4.78, 5) is 11.9. The molecule has 1 saturated carbocycles. The monoisotopic (exact) mass is 460 g/mol. The molecule has 170 valence electrons. The fourth-order valence-electron chi connectivity index (χ4n) is 4.40. The van der Waals surface area contributed by atoms with Crippen LogP contribution in [0.5, 0.6) is 0 Å². The van der Waals surface area contributed by atoms with E-state index in [1.807, 2.05) is 29.2 Å². The zero-order valence-electron chi connectivity index (χ0n) is 18.7. The van der Waals surface area contributed by atoms with Crippen LogP contribution in [0, 0.1) is 5.92 Å². The van der Waals surface area contributed by atoms with Crippen molar-refractivity contribution in [3.63, 3.8) is 0 Å². The molecule has 6 rings (SSSR count). The van der Waals surface area contributed by atoms with Crippen molar-refractivity contribution in [2.75, 3.05) is 25.0 Å². The normalized spacial score (nSPS) is 16.6. The number of fused-ring (bicyclic) bond motifs is 1. The van der Waals surface area contributed by atoms with Gasteiger partial charge in [-0.2, -0.15) is 5.10 Å². The minimum absolute atomic E-state index is 0.758. The van der Waals surface area contributed by atoms with Crippen LogP contribution in [-0.4, -0.2) is 54.5 Å². The van der Waals surface area contributed by atoms with Gasteiger partial charge in [-0.05, 0) is 75.9 Å². The third-order valence-corrected chi connectivity index (χ3v) is 7.29. The first-order valence-corrected chi connectivity index (χ1v) is 12.7. The summed E-state index contributed by atoms with van der Waals surface area (Å²) in [6.45, 7) is 4.59. The molecule has 8 nitrogen and oxygen atoms in total. The Morgan fingerprint density at radius 3 is 2.79 bits per heavy atom. The minimum Gasteiger partial charge on any atom is -0.315 e. The zero-order chi connectivity index (χ0) is 22.0. The van der Waals surface area contributed by atoms with Gasteiger partial charge in [0.25, 0.3) is 0 Å². The molecular weight excluding hydrogens is 432 g/mol. The Morgan fingerprint density at radius 2 is 1.91 bits per heavy atom. The average Bonchev–Trinajstić information content (AvgIpc) is 3.22. The van der Waals surface area contributed by atoms with Crippen molar-refractivity contribution in [3.8, 4) is 11.1 Å². The number of likely N-dealkylation sites (tertiary alicyclic amines) is 1. The van der Waals surface area contributed by atoms with Gasteiger partial charge < -0.3 is 10.2 Å². The summed E-state index contributed by atoms with van der Waals surface area (Å²) in [5.74, 6) is 1.57. The van der Waals surface area contributed by atoms with Gasteiger partial charge >= 0.3 is 0 Å². The highest BCUT2D eigenvalue weighted by Crippen LogP contribution is 2.34. The molecule has 1 saturated heterocycles. The molecule has 1 aliphatic heterocycles. The van der Waals surface area contributed by atoms with Gasteiger partial charge in [0.2, 0.25) is 5.13 Å². The third kappa shape index (κ3) is 5.04. The van der Waals surface area contributed by atoms with Gasteiger partial charge in [-0.15, -0.1) is 10.2 Å². The van der Waals surface area contributed by atoms with Gasteiger partial charge in [0.15, 0.2) is 0 Å². The molecule has 4 aromatic heterocycles. The fraction of sp³-hybridized carbons (Fsp3) is 0.458. The third-order valence-electron chi connectivity index (χ3n) is 6.43. The molecule has 1 aliphatic carbocycles. The number of nitrogens with one attached hydrogen (secondary N) is 1. The summed E-state index contributed by atoms with van der Waals surface area (Å²) >= 11 is 1.62. The minimum atomic E-state index is 0.758. The number of rotatable bonds is 9. The highest BCUT2D eigenvalue weighted by atomic mass is 32.1.